The van der Waals surface area contributed by atoms with Crippen molar-refractivity contribution >= 4 is 31.9 Å². The highest BCUT2D eigenvalue weighted by molar-refractivity contribution is 9.11. The summed E-state index contributed by atoms with van der Waals surface area (Å²) in [6.45, 7) is 0. The molecule has 2 rings (SSSR count). The molecule has 0 spiro atoms. The van der Waals surface area contributed by atoms with E-state index in [1.807, 2.05) is 18.2 Å². The molecule has 0 bridgehead atoms. The number of hydrogen-bond donors (Lipinski definition) is 1. The molecule has 0 radical (unpaired) electrons. The van der Waals surface area contributed by atoms with Crippen LogP contribution in [-0.4, -0.2) is 12.2 Å². The number of rotatable bonds is 3. The fourth-order valence-electron chi connectivity index (χ4n) is 1.75. The van der Waals surface area contributed by atoms with Gasteiger partial charge < -0.3 is 9.84 Å². The average molecular weight is 390 g/mol. The first-order valence-corrected chi connectivity index (χ1v) is 7.08. The molecule has 0 heterocycles. The lowest BCUT2D eigenvalue weighted by atomic mass is 10.0. The lowest BCUT2D eigenvalue weighted by molar-refractivity contribution is 0.218. The van der Waals surface area contributed by atoms with Gasteiger partial charge in [-0.1, -0.05) is 37.9 Å². The molecule has 1 atom stereocenters. The van der Waals surface area contributed by atoms with Crippen LogP contribution in [0.1, 0.15) is 17.2 Å². The number of benzene rings is 2. The molecule has 0 fully saturated rings. The van der Waals surface area contributed by atoms with Gasteiger partial charge in [0.1, 0.15) is 6.10 Å². The first-order chi connectivity index (χ1) is 9.02. The molecule has 100 valence electrons. The molecular formula is C14H11Br2FO2. The van der Waals surface area contributed by atoms with Gasteiger partial charge in [0.05, 0.1) is 7.11 Å². The Labute approximate surface area is 127 Å². The van der Waals surface area contributed by atoms with Gasteiger partial charge in [-0.3, -0.25) is 0 Å². The van der Waals surface area contributed by atoms with E-state index in [1.54, 1.807) is 0 Å². The summed E-state index contributed by atoms with van der Waals surface area (Å²) in [5.74, 6) is -0.338. The van der Waals surface area contributed by atoms with Gasteiger partial charge >= 0.3 is 0 Å². The maximum absolute atomic E-state index is 13.4. The van der Waals surface area contributed by atoms with Crippen LogP contribution in [0.5, 0.6) is 5.75 Å². The molecule has 2 nitrogen and oxygen atoms in total. The van der Waals surface area contributed by atoms with Gasteiger partial charge in [-0.15, -0.1) is 0 Å². The summed E-state index contributed by atoms with van der Waals surface area (Å²) in [5.41, 5.74) is 1.26. The zero-order chi connectivity index (χ0) is 14.0. The third kappa shape index (κ3) is 3.16. The highest BCUT2D eigenvalue weighted by atomic mass is 79.9. The predicted octanol–water partition coefficient (Wildman–Crippen LogP) is 4.44. The minimum absolute atomic E-state index is 0.114. The summed E-state index contributed by atoms with van der Waals surface area (Å²) in [6.07, 6.45) is -0.860. The Bertz CT molecular complexity index is 602. The largest absolute Gasteiger partial charge is 0.494 e. The van der Waals surface area contributed by atoms with Crippen molar-refractivity contribution in [2.24, 2.45) is 0 Å². The molecule has 0 saturated carbocycles. The zero-order valence-corrected chi connectivity index (χ0v) is 13.2. The molecule has 0 amide bonds. The lowest BCUT2D eigenvalue weighted by Crippen LogP contribution is -2.02. The molecule has 1 unspecified atom stereocenters. The summed E-state index contributed by atoms with van der Waals surface area (Å²) < 4.78 is 19.9. The minimum atomic E-state index is -0.860. The molecule has 19 heavy (non-hydrogen) atoms. The third-order valence-electron chi connectivity index (χ3n) is 2.74. The Kier molecular flexibility index (Phi) is 4.60. The van der Waals surface area contributed by atoms with Crippen LogP contribution in [0.25, 0.3) is 0 Å². The van der Waals surface area contributed by atoms with Crippen molar-refractivity contribution in [3.63, 3.8) is 0 Å². The number of aliphatic hydroxyl groups excluding tert-OH is 1. The van der Waals surface area contributed by atoms with Crippen LogP contribution >= 0.6 is 31.9 Å². The van der Waals surface area contributed by atoms with Crippen molar-refractivity contribution in [1.82, 2.24) is 0 Å². The van der Waals surface area contributed by atoms with E-state index in [4.69, 9.17) is 4.74 Å². The van der Waals surface area contributed by atoms with Gasteiger partial charge in [-0.25, -0.2) is 4.39 Å². The number of halogens is 3. The van der Waals surface area contributed by atoms with Crippen LogP contribution in [0.15, 0.2) is 45.3 Å². The fraction of sp³-hybridized carbons (Fsp3) is 0.143. The van der Waals surface area contributed by atoms with E-state index < -0.39 is 11.9 Å². The fourth-order valence-corrected chi connectivity index (χ4v) is 2.59. The van der Waals surface area contributed by atoms with Gasteiger partial charge in [-0.05, 0) is 35.9 Å². The van der Waals surface area contributed by atoms with Crippen molar-refractivity contribution in [2.75, 3.05) is 7.11 Å². The van der Waals surface area contributed by atoms with Crippen LogP contribution in [-0.2, 0) is 0 Å². The van der Waals surface area contributed by atoms with E-state index in [-0.39, 0.29) is 5.75 Å². The van der Waals surface area contributed by atoms with Crippen molar-refractivity contribution in [3.05, 3.63) is 62.3 Å². The van der Waals surface area contributed by atoms with Gasteiger partial charge in [0.15, 0.2) is 11.6 Å². The van der Waals surface area contributed by atoms with Crippen LogP contribution in [0, 0.1) is 5.82 Å². The Morgan fingerprint density at radius 3 is 2.58 bits per heavy atom. The second-order valence-electron chi connectivity index (χ2n) is 3.96. The van der Waals surface area contributed by atoms with Gasteiger partial charge in [0.25, 0.3) is 0 Å². The Hall–Kier alpha value is -0.910. The van der Waals surface area contributed by atoms with E-state index in [2.05, 4.69) is 31.9 Å². The van der Waals surface area contributed by atoms with Crippen LogP contribution in [0.2, 0.25) is 0 Å². The second-order valence-corrected chi connectivity index (χ2v) is 5.73. The molecule has 0 aromatic heterocycles. The van der Waals surface area contributed by atoms with E-state index in [0.29, 0.717) is 11.1 Å². The topological polar surface area (TPSA) is 29.5 Å². The number of methoxy groups -OCH3 is 1. The monoisotopic (exact) mass is 388 g/mol. The number of hydrogen-bond acceptors (Lipinski definition) is 2. The van der Waals surface area contributed by atoms with Crippen molar-refractivity contribution in [3.8, 4) is 5.75 Å². The van der Waals surface area contributed by atoms with Gasteiger partial charge in [0.2, 0.25) is 0 Å². The van der Waals surface area contributed by atoms with E-state index in [1.165, 1.54) is 25.3 Å². The van der Waals surface area contributed by atoms with E-state index in [9.17, 15) is 9.50 Å². The van der Waals surface area contributed by atoms with Crippen LogP contribution in [0.4, 0.5) is 4.39 Å². The maximum Gasteiger partial charge on any atom is 0.165 e. The molecular weight excluding hydrogens is 379 g/mol. The molecule has 0 aliphatic heterocycles. The summed E-state index contributed by atoms with van der Waals surface area (Å²) in [5, 5.41) is 10.4. The molecule has 0 aliphatic rings. The van der Waals surface area contributed by atoms with Crippen molar-refractivity contribution in [1.29, 1.82) is 0 Å². The number of ether oxygens (including phenoxy) is 1. The summed E-state index contributed by atoms with van der Waals surface area (Å²) >= 11 is 6.75. The summed E-state index contributed by atoms with van der Waals surface area (Å²) in [4.78, 5) is 0. The molecule has 2 aromatic rings. The Morgan fingerprint density at radius 2 is 1.89 bits per heavy atom. The van der Waals surface area contributed by atoms with Gasteiger partial charge in [0, 0.05) is 14.5 Å². The minimum Gasteiger partial charge on any atom is -0.494 e. The third-order valence-corrected chi connectivity index (χ3v) is 3.96. The van der Waals surface area contributed by atoms with Crippen LogP contribution < -0.4 is 4.74 Å². The number of aliphatic hydroxyl groups is 1. The molecule has 1 N–H and O–H groups in total. The SMILES string of the molecule is COc1cc(C(O)c2cc(Br)ccc2Br)ccc1F. The highest BCUT2D eigenvalue weighted by Gasteiger charge is 2.16. The van der Waals surface area contributed by atoms with Gasteiger partial charge in [-0.2, -0.15) is 0 Å². The highest BCUT2D eigenvalue weighted by Crippen LogP contribution is 2.32. The molecule has 5 heteroatoms. The molecule has 0 aliphatic carbocycles. The first-order valence-electron chi connectivity index (χ1n) is 5.49. The quantitative estimate of drug-likeness (QED) is 0.840. The average Bonchev–Trinajstić information content (AvgIpc) is 2.41. The van der Waals surface area contributed by atoms with E-state index in [0.717, 1.165) is 8.95 Å². The standard InChI is InChI=1S/C14H11Br2FO2/c1-19-13-6-8(2-5-12(13)17)14(18)10-7-9(15)3-4-11(10)16/h2-7,14,18H,1H3. The Morgan fingerprint density at radius 1 is 1.16 bits per heavy atom. The maximum atomic E-state index is 13.4. The second kappa shape index (κ2) is 6.03. The summed E-state index contributed by atoms with van der Waals surface area (Å²) in [6, 6.07) is 9.83. The van der Waals surface area contributed by atoms with Crippen molar-refractivity contribution < 1.29 is 14.2 Å². The Balaban J connectivity index is 2.43. The lowest BCUT2D eigenvalue weighted by Gasteiger charge is -2.15. The summed E-state index contributed by atoms with van der Waals surface area (Å²) in [7, 11) is 1.39. The molecule has 2 aromatic carbocycles. The van der Waals surface area contributed by atoms with Crippen molar-refractivity contribution in [2.45, 2.75) is 6.10 Å². The first kappa shape index (κ1) is 14.5. The molecule has 0 saturated heterocycles. The van der Waals surface area contributed by atoms with Crippen LogP contribution in [0.3, 0.4) is 0 Å². The smallest absolute Gasteiger partial charge is 0.165 e. The normalized spacial score (nSPS) is 12.3. The van der Waals surface area contributed by atoms with E-state index >= 15 is 0 Å². The predicted molar refractivity (Wildman–Crippen MR) is 78.9 cm³/mol. The zero-order valence-electron chi connectivity index (χ0n) is 10.0.